The molecule has 1 atom stereocenters. The Balaban J connectivity index is 1.75. The van der Waals surface area contributed by atoms with E-state index in [9.17, 15) is 9.18 Å². The summed E-state index contributed by atoms with van der Waals surface area (Å²) >= 11 is 1.74. The minimum Gasteiger partial charge on any atom is -0.349 e. The number of hydrogen-bond acceptors (Lipinski definition) is 2. The molecule has 1 amide bonds. The Morgan fingerprint density at radius 1 is 1.26 bits per heavy atom. The second kappa shape index (κ2) is 5.53. The molecule has 0 spiro atoms. The molecule has 1 unspecified atom stereocenters. The molecule has 1 aliphatic heterocycles. The van der Waals surface area contributed by atoms with E-state index in [-0.39, 0.29) is 23.7 Å². The largest absolute Gasteiger partial charge is 0.349 e. The third-order valence-corrected chi connectivity index (χ3v) is 5.18. The van der Waals surface area contributed by atoms with Gasteiger partial charge in [0.05, 0.1) is 6.04 Å². The number of halogens is 1. The van der Waals surface area contributed by atoms with Gasteiger partial charge in [-0.25, -0.2) is 4.39 Å². The van der Waals surface area contributed by atoms with Crippen LogP contribution in [0.1, 0.15) is 43.7 Å². The van der Waals surface area contributed by atoms with Gasteiger partial charge in [0.25, 0.3) is 0 Å². The van der Waals surface area contributed by atoms with Crippen molar-refractivity contribution in [1.82, 2.24) is 5.32 Å². The molecule has 1 N–H and O–H groups in total. The van der Waals surface area contributed by atoms with E-state index >= 15 is 0 Å². The van der Waals surface area contributed by atoms with Crippen molar-refractivity contribution in [3.05, 3.63) is 29.6 Å². The molecule has 0 radical (unpaired) electrons. The van der Waals surface area contributed by atoms with Crippen LogP contribution in [0.5, 0.6) is 0 Å². The maximum absolute atomic E-state index is 13.4. The Morgan fingerprint density at radius 2 is 2.05 bits per heavy atom. The van der Waals surface area contributed by atoms with Gasteiger partial charge in [-0.2, -0.15) is 0 Å². The highest BCUT2D eigenvalue weighted by molar-refractivity contribution is 7.99. The summed E-state index contributed by atoms with van der Waals surface area (Å²) in [5.74, 6) is 1.09. The first-order chi connectivity index (χ1) is 9.24. The number of rotatable bonds is 2. The molecule has 2 nitrogen and oxygen atoms in total. The zero-order chi connectivity index (χ0) is 13.2. The average molecular weight is 279 g/mol. The van der Waals surface area contributed by atoms with E-state index in [0.717, 1.165) is 48.3 Å². The lowest BCUT2D eigenvalue weighted by molar-refractivity contribution is -0.125. The molecule has 1 saturated carbocycles. The zero-order valence-corrected chi connectivity index (χ0v) is 11.6. The molecular weight excluding hydrogens is 261 g/mol. The third-order valence-electron chi connectivity index (χ3n) is 4.05. The van der Waals surface area contributed by atoms with Crippen molar-refractivity contribution in [1.29, 1.82) is 0 Å². The lowest BCUT2D eigenvalue weighted by atomic mass is 10.0. The first-order valence-electron chi connectivity index (χ1n) is 6.96. The van der Waals surface area contributed by atoms with Gasteiger partial charge in [-0.05, 0) is 43.0 Å². The molecule has 1 aliphatic carbocycles. The van der Waals surface area contributed by atoms with E-state index in [1.165, 1.54) is 6.07 Å². The van der Waals surface area contributed by atoms with Crippen molar-refractivity contribution in [2.75, 3.05) is 5.75 Å². The van der Waals surface area contributed by atoms with Gasteiger partial charge in [-0.15, -0.1) is 11.8 Å². The number of fused-ring (bicyclic) bond motifs is 1. The lowest BCUT2D eigenvalue weighted by Gasteiger charge is -2.27. The SMILES string of the molecule is O=C(NC1CCSc2ccc(F)cc21)C1CCCC1. The molecule has 2 aliphatic rings. The van der Waals surface area contributed by atoms with Gasteiger partial charge in [0.1, 0.15) is 5.82 Å². The Morgan fingerprint density at radius 3 is 2.84 bits per heavy atom. The molecule has 1 aromatic rings. The van der Waals surface area contributed by atoms with Crippen LogP contribution in [0.15, 0.2) is 23.1 Å². The van der Waals surface area contributed by atoms with Crippen LogP contribution in [0.25, 0.3) is 0 Å². The fourth-order valence-corrected chi connectivity index (χ4v) is 4.10. The molecule has 4 heteroatoms. The molecule has 0 bridgehead atoms. The highest BCUT2D eigenvalue weighted by Crippen LogP contribution is 2.37. The summed E-state index contributed by atoms with van der Waals surface area (Å²) in [5, 5.41) is 3.13. The predicted molar refractivity (Wildman–Crippen MR) is 74.6 cm³/mol. The Bertz CT molecular complexity index is 485. The van der Waals surface area contributed by atoms with Crippen molar-refractivity contribution in [3.8, 4) is 0 Å². The second-order valence-electron chi connectivity index (χ2n) is 5.36. The molecular formula is C15H18FNOS. The maximum atomic E-state index is 13.4. The number of nitrogens with one attached hydrogen (secondary N) is 1. The van der Waals surface area contributed by atoms with Crippen LogP contribution in [0.3, 0.4) is 0 Å². The van der Waals surface area contributed by atoms with Crippen LogP contribution in [0.4, 0.5) is 4.39 Å². The number of amides is 1. The van der Waals surface area contributed by atoms with Crippen molar-refractivity contribution < 1.29 is 9.18 Å². The third kappa shape index (κ3) is 2.78. The first kappa shape index (κ1) is 13.0. The summed E-state index contributed by atoms with van der Waals surface area (Å²) in [6.45, 7) is 0. The predicted octanol–water partition coefficient (Wildman–Crippen LogP) is 3.67. The summed E-state index contributed by atoms with van der Waals surface area (Å²) in [4.78, 5) is 13.3. The molecule has 1 fully saturated rings. The molecule has 0 saturated heterocycles. The Hall–Kier alpha value is -1.03. The quantitative estimate of drug-likeness (QED) is 0.895. The van der Waals surface area contributed by atoms with Crippen LogP contribution >= 0.6 is 11.8 Å². The van der Waals surface area contributed by atoms with Crippen LogP contribution < -0.4 is 5.32 Å². The number of carbonyl (C=O) groups excluding carboxylic acids is 1. The minimum absolute atomic E-state index is 0.0138. The smallest absolute Gasteiger partial charge is 0.223 e. The van der Waals surface area contributed by atoms with Gasteiger partial charge < -0.3 is 5.32 Å². The number of hydrogen-bond donors (Lipinski definition) is 1. The molecule has 1 heterocycles. The van der Waals surface area contributed by atoms with E-state index in [1.807, 2.05) is 6.07 Å². The topological polar surface area (TPSA) is 29.1 Å². The standard InChI is InChI=1S/C15H18FNOS/c16-11-5-6-14-12(9-11)13(7-8-19-14)17-15(18)10-3-1-2-4-10/h5-6,9-10,13H,1-4,7-8H2,(H,17,18). The summed E-state index contributed by atoms with van der Waals surface area (Å²) in [7, 11) is 0. The van der Waals surface area contributed by atoms with E-state index in [0.29, 0.717) is 0 Å². The Kier molecular flexibility index (Phi) is 3.78. The molecule has 1 aromatic carbocycles. The van der Waals surface area contributed by atoms with Crippen molar-refractivity contribution in [3.63, 3.8) is 0 Å². The van der Waals surface area contributed by atoms with Crippen molar-refractivity contribution >= 4 is 17.7 Å². The van der Waals surface area contributed by atoms with Crippen LogP contribution in [0.2, 0.25) is 0 Å². The van der Waals surface area contributed by atoms with E-state index in [1.54, 1.807) is 17.8 Å². The molecule has 102 valence electrons. The van der Waals surface area contributed by atoms with Crippen LogP contribution in [-0.4, -0.2) is 11.7 Å². The van der Waals surface area contributed by atoms with Gasteiger partial charge in [0.2, 0.25) is 5.91 Å². The second-order valence-corrected chi connectivity index (χ2v) is 6.50. The molecule has 3 rings (SSSR count). The van der Waals surface area contributed by atoms with E-state index in [2.05, 4.69) is 5.32 Å². The minimum atomic E-state index is -0.221. The lowest BCUT2D eigenvalue weighted by Crippen LogP contribution is -2.34. The highest BCUT2D eigenvalue weighted by atomic mass is 32.2. The zero-order valence-electron chi connectivity index (χ0n) is 10.8. The Labute approximate surface area is 117 Å². The fraction of sp³-hybridized carbons (Fsp3) is 0.533. The van der Waals surface area contributed by atoms with Crippen molar-refractivity contribution in [2.24, 2.45) is 5.92 Å². The average Bonchev–Trinajstić information content (AvgIpc) is 2.93. The number of thioether (sulfide) groups is 1. The molecule has 19 heavy (non-hydrogen) atoms. The first-order valence-corrected chi connectivity index (χ1v) is 7.95. The van der Waals surface area contributed by atoms with E-state index < -0.39 is 0 Å². The highest BCUT2D eigenvalue weighted by Gasteiger charge is 2.27. The summed E-state index contributed by atoms with van der Waals surface area (Å²) in [6.07, 6.45) is 5.21. The summed E-state index contributed by atoms with van der Waals surface area (Å²) in [6, 6.07) is 4.87. The normalized spacial score (nSPS) is 23.1. The van der Waals surface area contributed by atoms with Gasteiger partial charge >= 0.3 is 0 Å². The van der Waals surface area contributed by atoms with E-state index in [4.69, 9.17) is 0 Å². The van der Waals surface area contributed by atoms with Gasteiger partial charge in [0, 0.05) is 16.6 Å². The number of carbonyl (C=O) groups is 1. The monoisotopic (exact) mass is 279 g/mol. The van der Waals surface area contributed by atoms with Crippen LogP contribution in [-0.2, 0) is 4.79 Å². The van der Waals surface area contributed by atoms with Crippen LogP contribution in [0, 0.1) is 11.7 Å². The van der Waals surface area contributed by atoms with Crippen molar-refractivity contribution in [2.45, 2.75) is 43.0 Å². The van der Waals surface area contributed by atoms with Gasteiger partial charge in [-0.1, -0.05) is 12.8 Å². The van der Waals surface area contributed by atoms with Gasteiger partial charge in [0.15, 0.2) is 0 Å². The van der Waals surface area contributed by atoms with Gasteiger partial charge in [-0.3, -0.25) is 4.79 Å². The summed E-state index contributed by atoms with van der Waals surface area (Å²) < 4.78 is 13.4. The maximum Gasteiger partial charge on any atom is 0.223 e. The summed E-state index contributed by atoms with van der Waals surface area (Å²) in [5.41, 5.74) is 0.947. The fourth-order valence-electron chi connectivity index (χ4n) is 2.99. The number of benzene rings is 1. The molecule has 0 aromatic heterocycles.